The van der Waals surface area contributed by atoms with Crippen molar-refractivity contribution in [2.75, 3.05) is 25.0 Å². The molecule has 1 aliphatic carbocycles. The first-order valence-electron chi connectivity index (χ1n) is 10.6. The van der Waals surface area contributed by atoms with E-state index in [9.17, 15) is 27.2 Å². The maximum Gasteiger partial charge on any atom is 0.418 e. The van der Waals surface area contributed by atoms with Gasteiger partial charge in [0.25, 0.3) is 0 Å². The molecule has 1 aromatic rings. The zero-order valence-electron chi connectivity index (χ0n) is 17.0. The van der Waals surface area contributed by atoms with E-state index in [1.54, 1.807) is 4.90 Å². The van der Waals surface area contributed by atoms with Crippen LogP contribution in [0.3, 0.4) is 0 Å². The van der Waals surface area contributed by atoms with Gasteiger partial charge in [-0.3, -0.25) is 0 Å². The molecule has 1 N–H and O–H groups in total. The van der Waals surface area contributed by atoms with Crippen molar-refractivity contribution in [1.82, 2.24) is 9.80 Å². The van der Waals surface area contributed by atoms with E-state index in [1.165, 1.54) is 4.90 Å². The summed E-state index contributed by atoms with van der Waals surface area (Å²) in [7, 11) is 0. The third kappa shape index (κ3) is 4.43. The fourth-order valence-electron chi connectivity index (χ4n) is 4.84. The van der Waals surface area contributed by atoms with E-state index in [4.69, 9.17) is 4.74 Å². The molecular weight excluding hydrogens is 418 g/mol. The molecule has 3 fully saturated rings. The third-order valence-corrected chi connectivity index (χ3v) is 6.51. The number of halogens is 4. The quantitative estimate of drug-likeness (QED) is 0.655. The van der Waals surface area contributed by atoms with Crippen LogP contribution in [0.15, 0.2) is 18.2 Å². The number of anilines is 1. The van der Waals surface area contributed by atoms with Crippen molar-refractivity contribution in [2.24, 2.45) is 0 Å². The number of likely N-dealkylation sites (tertiary alicyclic amines) is 1. The largest absolute Gasteiger partial charge is 0.441 e. The second-order valence-electron chi connectivity index (χ2n) is 8.55. The summed E-state index contributed by atoms with van der Waals surface area (Å²) >= 11 is 0. The molecule has 6 nitrogen and oxygen atoms in total. The number of carbonyl (C=O) groups excluding carboxylic acids is 2. The number of rotatable bonds is 2. The van der Waals surface area contributed by atoms with E-state index in [2.05, 4.69) is 5.32 Å². The van der Waals surface area contributed by atoms with Gasteiger partial charge >= 0.3 is 18.3 Å². The van der Waals surface area contributed by atoms with Crippen LogP contribution in [0, 0.1) is 5.82 Å². The lowest BCUT2D eigenvalue weighted by Gasteiger charge is -2.36. The summed E-state index contributed by atoms with van der Waals surface area (Å²) in [5.41, 5.74) is -2.50. The maximum absolute atomic E-state index is 14.0. The van der Waals surface area contributed by atoms with E-state index < -0.39 is 34.9 Å². The van der Waals surface area contributed by atoms with Gasteiger partial charge in [-0.15, -0.1) is 0 Å². The fourth-order valence-corrected chi connectivity index (χ4v) is 4.84. The molecule has 0 radical (unpaired) electrons. The molecule has 3 aliphatic rings. The minimum Gasteiger partial charge on any atom is -0.441 e. The monoisotopic (exact) mass is 443 g/mol. The Kier molecular flexibility index (Phi) is 5.74. The number of hydrogen-bond acceptors (Lipinski definition) is 3. The zero-order chi connectivity index (χ0) is 22.2. The van der Waals surface area contributed by atoms with Crippen LogP contribution >= 0.6 is 0 Å². The van der Waals surface area contributed by atoms with E-state index in [0.717, 1.165) is 50.3 Å². The summed E-state index contributed by atoms with van der Waals surface area (Å²) in [6.07, 6.45) is 0.802. The Balaban J connectivity index is 1.37. The predicted molar refractivity (Wildman–Crippen MR) is 104 cm³/mol. The lowest BCUT2D eigenvalue weighted by molar-refractivity contribution is -0.137. The molecule has 1 spiro atoms. The number of nitrogens with zero attached hydrogens (tertiary/aromatic N) is 2. The molecule has 2 aliphatic heterocycles. The molecule has 0 atom stereocenters. The third-order valence-electron chi connectivity index (χ3n) is 6.51. The highest BCUT2D eigenvalue weighted by Crippen LogP contribution is 2.39. The van der Waals surface area contributed by atoms with Crippen molar-refractivity contribution >= 4 is 17.8 Å². The van der Waals surface area contributed by atoms with Crippen molar-refractivity contribution in [2.45, 2.75) is 62.8 Å². The summed E-state index contributed by atoms with van der Waals surface area (Å²) in [6.45, 7) is 1.05. The number of alkyl halides is 3. The Bertz CT molecular complexity index is 847. The Morgan fingerprint density at radius 1 is 1.13 bits per heavy atom. The number of nitrogens with one attached hydrogen (secondary N) is 1. The lowest BCUT2D eigenvalue weighted by Crippen LogP contribution is -2.49. The maximum atomic E-state index is 14.0. The van der Waals surface area contributed by atoms with Crippen molar-refractivity contribution in [1.29, 1.82) is 0 Å². The topological polar surface area (TPSA) is 61.9 Å². The number of benzene rings is 1. The Morgan fingerprint density at radius 2 is 1.81 bits per heavy atom. The van der Waals surface area contributed by atoms with Crippen LogP contribution in [-0.4, -0.2) is 53.2 Å². The standard InChI is InChI=1S/C21H25F4N3O3/c22-16-6-4-5-15(21(23,24)25)17(16)26-18(29)27-11-7-14(8-12-27)28-13-20(31-19(28)30)9-2-1-3-10-20/h4-6,14H,1-3,7-13H2,(H,26,29). The Labute approximate surface area is 177 Å². The molecule has 0 aromatic heterocycles. The molecular formula is C21H25F4N3O3. The summed E-state index contributed by atoms with van der Waals surface area (Å²) in [5.74, 6) is -1.14. The van der Waals surface area contributed by atoms with Gasteiger partial charge in [-0.05, 0) is 50.7 Å². The van der Waals surface area contributed by atoms with Crippen molar-refractivity contribution in [3.8, 4) is 0 Å². The lowest BCUT2D eigenvalue weighted by atomic mass is 9.84. The molecule has 2 saturated heterocycles. The first-order chi connectivity index (χ1) is 14.7. The van der Waals surface area contributed by atoms with Crippen LogP contribution in [0.25, 0.3) is 0 Å². The molecule has 1 aromatic carbocycles. The molecule has 170 valence electrons. The summed E-state index contributed by atoms with van der Waals surface area (Å²) in [5, 5.41) is 2.08. The highest BCUT2D eigenvalue weighted by atomic mass is 19.4. The summed E-state index contributed by atoms with van der Waals surface area (Å²) < 4.78 is 59.2. The van der Waals surface area contributed by atoms with Crippen LogP contribution < -0.4 is 5.32 Å². The molecule has 2 heterocycles. The van der Waals surface area contributed by atoms with Gasteiger partial charge in [0.1, 0.15) is 11.4 Å². The van der Waals surface area contributed by atoms with Gasteiger partial charge in [-0.25, -0.2) is 14.0 Å². The SMILES string of the molecule is O=C(Nc1c(F)cccc1C(F)(F)F)N1CCC(N2CC3(CCCCC3)OC2=O)CC1. The number of carbonyl (C=O) groups is 2. The predicted octanol–water partition coefficient (Wildman–Crippen LogP) is 5.00. The van der Waals surface area contributed by atoms with E-state index in [0.29, 0.717) is 19.4 Å². The van der Waals surface area contributed by atoms with Gasteiger partial charge in [-0.2, -0.15) is 13.2 Å². The van der Waals surface area contributed by atoms with Crippen LogP contribution in [-0.2, 0) is 10.9 Å². The molecule has 31 heavy (non-hydrogen) atoms. The highest BCUT2D eigenvalue weighted by Gasteiger charge is 2.48. The number of ether oxygens (including phenoxy) is 1. The molecule has 3 amide bonds. The normalized spacial score (nSPS) is 22.0. The first kappa shape index (κ1) is 21.7. The minimum atomic E-state index is -4.79. The van der Waals surface area contributed by atoms with E-state index in [-0.39, 0.29) is 25.2 Å². The fraction of sp³-hybridized carbons (Fsp3) is 0.619. The average Bonchev–Trinajstić information content (AvgIpc) is 3.04. The highest BCUT2D eigenvalue weighted by molar-refractivity contribution is 5.90. The van der Waals surface area contributed by atoms with E-state index in [1.807, 2.05) is 0 Å². The van der Waals surface area contributed by atoms with Gasteiger partial charge < -0.3 is 19.9 Å². The number of urea groups is 1. The van der Waals surface area contributed by atoms with Crippen molar-refractivity contribution in [3.63, 3.8) is 0 Å². The van der Waals surface area contributed by atoms with Gasteiger partial charge in [0, 0.05) is 19.1 Å². The zero-order valence-corrected chi connectivity index (χ0v) is 17.0. The van der Waals surface area contributed by atoms with Crippen LogP contribution in [0.2, 0.25) is 0 Å². The van der Waals surface area contributed by atoms with Crippen LogP contribution in [0.5, 0.6) is 0 Å². The second-order valence-corrected chi connectivity index (χ2v) is 8.55. The molecule has 4 rings (SSSR count). The Morgan fingerprint density at radius 3 is 2.45 bits per heavy atom. The van der Waals surface area contributed by atoms with Gasteiger partial charge in [0.05, 0.1) is 17.8 Å². The molecule has 0 bridgehead atoms. The average molecular weight is 443 g/mol. The van der Waals surface area contributed by atoms with Crippen LogP contribution in [0.1, 0.15) is 50.5 Å². The first-order valence-corrected chi connectivity index (χ1v) is 10.6. The van der Waals surface area contributed by atoms with Crippen LogP contribution in [0.4, 0.5) is 32.8 Å². The minimum absolute atomic E-state index is 0.0861. The summed E-state index contributed by atoms with van der Waals surface area (Å²) in [4.78, 5) is 28.0. The van der Waals surface area contributed by atoms with Crippen molar-refractivity contribution < 1.29 is 31.9 Å². The number of piperidine rings is 1. The number of para-hydroxylation sites is 1. The summed E-state index contributed by atoms with van der Waals surface area (Å²) in [6, 6.07) is 1.68. The molecule has 10 heteroatoms. The van der Waals surface area contributed by atoms with Gasteiger partial charge in [0.2, 0.25) is 0 Å². The van der Waals surface area contributed by atoms with E-state index >= 15 is 0 Å². The smallest absolute Gasteiger partial charge is 0.418 e. The van der Waals surface area contributed by atoms with Gasteiger partial charge in [-0.1, -0.05) is 12.5 Å². The number of amides is 3. The molecule has 0 unspecified atom stereocenters. The van der Waals surface area contributed by atoms with Gasteiger partial charge in [0.15, 0.2) is 0 Å². The number of hydrogen-bond donors (Lipinski definition) is 1. The second kappa shape index (κ2) is 8.20. The molecule has 1 saturated carbocycles. The van der Waals surface area contributed by atoms with Crippen molar-refractivity contribution in [3.05, 3.63) is 29.6 Å². The Hall–Kier alpha value is -2.52.